The van der Waals surface area contributed by atoms with E-state index in [2.05, 4.69) is 12.0 Å². The van der Waals surface area contributed by atoms with Crippen LogP contribution in [0.2, 0.25) is 5.02 Å². The van der Waals surface area contributed by atoms with E-state index in [0.29, 0.717) is 35.2 Å². The number of benzene rings is 2. The minimum absolute atomic E-state index is 0.285. The molecule has 0 amide bonds. The summed E-state index contributed by atoms with van der Waals surface area (Å²) in [5.41, 5.74) is 1.73. The third kappa shape index (κ3) is 5.59. The molecule has 0 atom stereocenters. The van der Waals surface area contributed by atoms with Crippen LogP contribution in [0.25, 0.3) is 5.69 Å². The van der Waals surface area contributed by atoms with Gasteiger partial charge in [0.25, 0.3) is 0 Å². The Kier molecular flexibility index (Phi) is 7.27. The first kappa shape index (κ1) is 20.9. The van der Waals surface area contributed by atoms with Gasteiger partial charge in [0, 0.05) is 18.2 Å². The predicted octanol–water partition coefficient (Wildman–Crippen LogP) is 5.07. The van der Waals surface area contributed by atoms with Crippen molar-refractivity contribution in [1.29, 1.82) is 0 Å². The fourth-order valence-corrected chi connectivity index (χ4v) is 2.85. The van der Waals surface area contributed by atoms with Gasteiger partial charge in [-0.25, -0.2) is 9.48 Å². The normalized spacial score (nSPS) is 10.7. The largest absolute Gasteiger partial charge is 0.494 e. The van der Waals surface area contributed by atoms with Gasteiger partial charge in [-0.2, -0.15) is 5.10 Å². The van der Waals surface area contributed by atoms with Crippen LogP contribution in [0, 0.1) is 0 Å². The lowest BCUT2D eigenvalue weighted by atomic mass is 10.2. The van der Waals surface area contributed by atoms with Crippen LogP contribution in [0.15, 0.2) is 54.6 Å². The molecule has 0 aliphatic carbocycles. The Morgan fingerprint density at radius 2 is 1.93 bits per heavy atom. The minimum Gasteiger partial charge on any atom is -0.494 e. The van der Waals surface area contributed by atoms with Gasteiger partial charge in [0.2, 0.25) is 5.88 Å². The Morgan fingerprint density at radius 3 is 2.62 bits per heavy atom. The first-order chi connectivity index (χ1) is 14.1. The highest BCUT2D eigenvalue weighted by Gasteiger charge is 2.16. The molecule has 29 heavy (non-hydrogen) atoms. The molecular weight excluding hydrogens is 392 g/mol. The number of unbranched alkanes of at least 4 members (excludes halogenated alkanes) is 1. The van der Waals surface area contributed by atoms with Gasteiger partial charge >= 0.3 is 5.97 Å². The topological polar surface area (TPSA) is 62.6 Å². The van der Waals surface area contributed by atoms with E-state index in [9.17, 15) is 4.79 Å². The number of carbonyl (C=O) groups excluding carboxylic acids is 1. The van der Waals surface area contributed by atoms with Crippen molar-refractivity contribution >= 4 is 17.6 Å². The van der Waals surface area contributed by atoms with Crippen molar-refractivity contribution < 1.29 is 19.0 Å². The first-order valence-electron chi connectivity index (χ1n) is 9.39. The molecule has 0 fully saturated rings. The molecule has 6 nitrogen and oxygen atoms in total. The van der Waals surface area contributed by atoms with E-state index >= 15 is 0 Å². The molecular formula is C22H23ClN2O4. The molecule has 1 heterocycles. The van der Waals surface area contributed by atoms with Crippen molar-refractivity contribution in [2.24, 2.45) is 0 Å². The van der Waals surface area contributed by atoms with Gasteiger partial charge < -0.3 is 14.2 Å². The number of rotatable bonds is 9. The van der Waals surface area contributed by atoms with Crippen molar-refractivity contribution in [2.45, 2.75) is 26.4 Å². The molecule has 0 N–H and O–H groups in total. The lowest BCUT2D eigenvalue weighted by molar-refractivity contribution is 0.0723. The van der Waals surface area contributed by atoms with Crippen molar-refractivity contribution in [3.8, 4) is 17.3 Å². The maximum Gasteiger partial charge on any atom is 0.344 e. The van der Waals surface area contributed by atoms with Crippen LogP contribution < -0.4 is 9.47 Å². The predicted molar refractivity (Wildman–Crippen MR) is 111 cm³/mol. The number of esters is 1. The third-order valence-electron chi connectivity index (χ3n) is 4.13. The summed E-state index contributed by atoms with van der Waals surface area (Å²) in [6.07, 6.45) is 2.05. The average molecular weight is 415 g/mol. The molecule has 0 unspecified atom stereocenters. The highest BCUT2D eigenvalue weighted by Crippen LogP contribution is 2.23. The van der Waals surface area contributed by atoms with Crippen LogP contribution in [-0.2, 0) is 11.3 Å². The lowest BCUT2D eigenvalue weighted by Gasteiger charge is -2.09. The van der Waals surface area contributed by atoms with E-state index in [-0.39, 0.29) is 5.88 Å². The summed E-state index contributed by atoms with van der Waals surface area (Å²) in [6, 6.07) is 15.7. The summed E-state index contributed by atoms with van der Waals surface area (Å²) >= 11 is 6.09. The molecule has 3 rings (SSSR count). The monoisotopic (exact) mass is 414 g/mol. The molecule has 0 radical (unpaired) electrons. The highest BCUT2D eigenvalue weighted by atomic mass is 35.5. The van der Waals surface area contributed by atoms with Gasteiger partial charge in [0.1, 0.15) is 5.75 Å². The van der Waals surface area contributed by atoms with E-state index in [1.807, 2.05) is 6.07 Å². The number of methoxy groups -OCH3 is 1. The van der Waals surface area contributed by atoms with Gasteiger partial charge in [-0.1, -0.05) is 31.0 Å². The van der Waals surface area contributed by atoms with Crippen LogP contribution >= 0.6 is 11.6 Å². The third-order valence-corrected chi connectivity index (χ3v) is 4.36. The van der Waals surface area contributed by atoms with Crippen molar-refractivity contribution in [3.05, 3.63) is 70.9 Å². The first-order valence-corrected chi connectivity index (χ1v) is 9.77. The summed E-state index contributed by atoms with van der Waals surface area (Å²) in [7, 11) is 1.58. The molecule has 7 heteroatoms. The second kappa shape index (κ2) is 10.1. The lowest BCUT2D eigenvalue weighted by Crippen LogP contribution is -2.11. The van der Waals surface area contributed by atoms with Crippen LogP contribution in [0.4, 0.5) is 0 Å². The molecule has 152 valence electrons. The average Bonchev–Trinajstić information content (AvgIpc) is 3.11. The van der Waals surface area contributed by atoms with E-state index in [1.54, 1.807) is 55.6 Å². The molecule has 0 saturated heterocycles. The Bertz CT molecular complexity index is 954. The molecule has 0 spiro atoms. The summed E-state index contributed by atoms with van der Waals surface area (Å²) < 4.78 is 17.9. The molecule has 2 aromatic carbocycles. The van der Waals surface area contributed by atoms with Gasteiger partial charge in [-0.15, -0.1) is 0 Å². The minimum atomic E-state index is -0.489. The van der Waals surface area contributed by atoms with Crippen molar-refractivity contribution in [2.75, 3.05) is 13.7 Å². The standard InChI is InChI=1S/C22H23ClN2O4/c1-3-4-12-28-20-10-8-16(9-11-20)22(26)29-21-14-18(15-27-2)24-25(21)19-7-5-6-17(23)13-19/h5-11,13-14H,3-4,12,15H2,1-2H3. The number of ether oxygens (including phenoxy) is 3. The van der Waals surface area contributed by atoms with E-state index in [4.69, 9.17) is 25.8 Å². The number of aromatic nitrogens is 2. The highest BCUT2D eigenvalue weighted by molar-refractivity contribution is 6.30. The second-order valence-electron chi connectivity index (χ2n) is 6.41. The number of nitrogens with zero attached hydrogens (tertiary/aromatic N) is 2. The molecule has 0 aliphatic heterocycles. The maximum absolute atomic E-state index is 12.6. The zero-order valence-electron chi connectivity index (χ0n) is 16.4. The number of hydrogen-bond acceptors (Lipinski definition) is 5. The Hall–Kier alpha value is -2.83. The fraction of sp³-hybridized carbons (Fsp3) is 0.273. The summed E-state index contributed by atoms with van der Waals surface area (Å²) in [4.78, 5) is 12.6. The molecule has 3 aromatic rings. The smallest absolute Gasteiger partial charge is 0.344 e. The van der Waals surface area contributed by atoms with E-state index in [0.717, 1.165) is 18.6 Å². The molecule has 0 bridgehead atoms. The van der Waals surface area contributed by atoms with Gasteiger partial charge in [-0.05, 0) is 48.9 Å². The van der Waals surface area contributed by atoms with Crippen LogP contribution in [0.1, 0.15) is 35.8 Å². The van der Waals surface area contributed by atoms with Crippen molar-refractivity contribution in [3.63, 3.8) is 0 Å². The maximum atomic E-state index is 12.6. The Balaban J connectivity index is 1.79. The Labute approximate surface area is 175 Å². The fourth-order valence-electron chi connectivity index (χ4n) is 2.67. The summed E-state index contributed by atoms with van der Waals surface area (Å²) in [5.74, 6) is 0.520. The molecule has 1 aromatic heterocycles. The zero-order chi connectivity index (χ0) is 20.6. The molecule has 0 saturated carbocycles. The van der Waals surface area contributed by atoms with Crippen LogP contribution in [0.5, 0.6) is 11.6 Å². The quantitative estimate of drug-likeness (QED) is 0.361. The van der Waals surface area contributed by atoms with Crippen molar-refractivity contribution in [1.82, 2.24) is 9.78 Å². The van der Waals surface area contributed by atoms with Gasteiger partial charge in [-0.3, -0.25) is 0 Å². The van der Waals surface area contributed by atoms with Gasteiger partial charge in [0.05, 0.1) is 30.2 Å². The Morgan fingerprint density at radius 1 is 1.14 bits per heavy atom. The second-order valence-corrected chi connectivity index (χ2v) is 6.85. The summed E-state index contributed by atoms with van der Waals surface area (Å²) in [6.45, 7) is 3.05. The SMILES string of the molecule is CCCCOc1ccc(C(=O)Oc2cc(COC)nn2-c2cccc(Cl)c2)cc1. The number of halogens is 1. The van der Waals surface area contributed by atoms with Crippen LogP contribution in [0.3, 0.4) is 0 Å². The molecule has 0 aliphatic rings. The number of hydrogen-bond donors (Lipinski definition) is 0. The number of carbonyl (C=O) groups is 1. The summed E-state index contributed by atoms with van der Waals surface area (Å²) in [5, 5.41) is 5.01. The van der Waals surface area contributed by atoms with E-state index < -0.39 is 5.97 Å². The van der Waals surface area contributed by atoms with Crippen LogP contribution in [-0.4, -0.2) is 29.5 Å². The van der Waals surface area contributed by atoms with E-state index in [1.165, 1.54) is 4.68 Å². The van der Waals surface area contributed by atoms with Gasteiger partial charge in [0.15, 0.2) is 0 Å². The zero-order valence-corrected chi connectivity index (χ0v) is 17.2.